The smallest absolute Gasteiger partial charge is 0.231 e. The van der Waals surface area contributed by atoms with Crippen molar-refractivity contribution in [1.82, 2.24) is 9.88 Å². The standard InChI is InChI=1S/C22H26N4O4S/c1-2-20(27)25-7-9-26(10-8-25)22-24-16-5-3-14(11-19(16)31-22)21(28)23-15-4-6-17-18(12-15)30-13-29-17/h4,6,12,14H,2-3,5,7-11,13H2,1H3,(H,23,28)/t14-/m0/s1. The molecule has 1 N–H and O–H groups in total. The number of rotatable bonds is 4. The number of piperazine rings is 1. The van der Waals surface area contributed by atoms with Gasteiger partial charge in [0.15, 0.2) is 16.6 Å². The van der Waals surface area contributed by atoms with Crippen molar-refractivity contribution in [2.75, 3.05) is 43.2 Å². The Balaban J connectivity index is 1.20. The Bertz CT molecular complexity index is 999. The van der Waals surface area contributed by atoms with E-state index in [0.717, 1.165) is 62.0 Å². The number of aryl methyl sites for hydroxylation is 1. The van der Waals surface area contributed by atoms with Crippen LogP contribution in [0, 0.1) is 5.92 Å². The van der Waals surface area contributed by atoms with Crippen molar-refractivity contribution in [2.24, 2.45) is 5.92 Å². The monoisotopic (exact) mass is 442 g/mol. The lowest BCUT2D eigenvalue weighted by Crippen LogP contribution is -2.48. The summed E-state index contributed by atoms with van der Waals surface area (Å²) in [6.45, 7) is 5.24. The van der Waals surface area contributed by atoms with E-state index in [1.807, 2.05) is 30.0 Å². The number of fused-ring (bicyclic) bond motifs is 2. The van der Waals surface area contributed by atoms with E-state index in [-0.39, 0.29) is 24.5 Å². The number of carbonyl (C=O) groups excluding carboxylic acids is 2. The van der Waals surface area contributed by atoms with Gasteiger partial charge in [-0.1, -0.05) is 6.92 Å². The molecule has 1 fully saturated rings. The van der Waals surface area contributed by atoms with Crippen molar-refractivity contribution in [3.05, 3.63) is 28.8 Å². The molecule has 0 saturated carbocycles. The second kappa shape index (κ2) is 8.37. The third-order valence-electron chi connectivity index (χ3n) is 6.14. The molecule has 1 aromatic carbocycles. The molecular weight excluding hydrogens is 416 g/mol. The van der Waals surface area contributed by atoms with Crippen LogP contribution in [0.4, 0.5) is 10.8 Å². The normalized spacial score (nSPS) is 19.8. The highest BCUT2D eigenvalue weighted by Crippen LogP contribution is 2.36. The van der Waals surface area contributed by atoms with Gasteiger partial charge in [-0.25, -0.2) is 4.98 Å². The van der Waals surface area contributed by atoms with E-state index in [2.05, 4.69) is 10.2 Å². The molecule has 5 rings (SSSR count). The minimum absolute atomic E-state index is 0.0335. The first-order chi connectivity index (χ1) is 15.1. The van der Waals surface area contributed by atoms with Gasteiger partial charge in [-0.3, -0.25) is 9.59 Å². The van der Waals surface area contributed by atoms with Crippen LogP contribution in [0.15, 0.2) is 18.2 Å². The number of nitrogens with zero attached hydrogens (tertiary/aromatic N) is 3. The zero-order valence-corrected chi connectivity index (χ0v) is 18.4. The SMILES string of the molecule is CCC(=O)N1CCN(c2nc3c(s2)C[C@@H](C(=O)Nc2ccc4c(c2)OCO4)CC3)CC1. The second-order valence-corrected chi connectivity index (χ2v) is 9.15. The molecule has 3 heterocycles. The first kappa shape index (κ1) is 20.1. The van der Waals surface area contributed by atoms with E-state index >= 15 is 0 Å². The summed E-state index contributed by atoms with van der Waals surface area (Å²) >= 11 is 1.70. The molecule has 9 heteroatoms. The first-order valence-corrected chi connectivity index (χ1v) is 11.6. The second-order valence-electron chi connectivity index (χ2n) is 8.08. The largest absolute Gasteiger partial charge is 0.454 e. The van der Waals surface area contributed by atoms with Crippen molar-refractivity contribution in [3.63, 3.8) is 0 Å². The molecule has 8 nitrogen and oxygen atoms in total. The summed E-state index contributed by atoms with van der Waals surface area (Å²) in [7, 11) is 0. The summed E-state index contributed by atoms with van der Waals surface area (Å²) in [4.78, 5) is 35.0. The number of hydrogen-bond donors (Lipinski definition) is 1. The zero-order chi connectivity index (χ0) is 21.4. The van der Waals surface area contributed by atoms with Crippen molar-refractivity contribution >= 4 is 34.0 Å². The van der Waals surface area contributed by atoms with Crippen molar-refractivity contribution in [1.29, 1.82) is 0 Å². The van der Waals surface area contributed by atoms with Crippen molar-refractivity contribution in [3.8, 4) is 11.5 Å². The maximum absolute atomic E-state index is 12.9. The topological polar surface area (TPSA) is 84.0 Å². The van der Waals surface area contributed by atoms with E-state index in [1.54, 1.807) is 11.3 Å². The lowest BCUT2D eigenvalue weighted by atomic mass is 9.90. The third kappa shape index (κ3) is 4.06. The van der Waals surface area contributed by atoms with Crippen molar-refractivity contribution < 1.29 is 19.1 Å². The minimum Gasteiger partial charge on any atom is -0.454 e. The van der Waals surface area contributed by atoms with Gasteiger partial charge in [0.1, 0.15) is 0 Å². The molecule has 3 aliphatic rings. The summed E-state index contributed by atoms with van der Waals surface area (Å²) < 4.78 is 10.7. The van der Waals surface area contributed by atoms with Crippen LogP contribution in [0.5, 0.6) is 11.5 Å². The average molecular weight is 443 g/mol. The predicted molar refractivity (Wildman–Crippen MR) is 118 cm³/mol. The van der Waals surface area contributed by atoms with Gasteiger partial charge in [0.25, 0.3) is 0 Å². The molecule has 0 spiro atoms. The molecule has 1 atom stereocenters. The van der Waals surface area contributed by atoms with Gasteiger partial charge < -0.3 is 24.6 Å². The summed E-state index contributed by atoms with van der Waals surface area (Å²) in [5.41, 5.74) is 1.85. The number of amides is 2. The first-order valence-electron chi connectivity index (χ1n) is 10.8. The summed E-state index contributed by atoms with van der Waals surface area (Å²) in [5, 5.41) is 4.04. The molecule has 1 saturated heterocycles. The molecule has 0 unspecified atom stereocenters. The van der Waals surface area contributed by atoms with E-state index in [1.165, 1.54) is 4.88 Å². The van der Waals surface area contributed by atoms with Gasteiger partial charge in [0, 0.05) is 55.1 Å². The van der Waals surface area contributed by atoms with Gasteiger partial charge in [0.2, 0.25) is 18.6 Å². The van der Waals surface area contributed by atoms with Crippen LogP contribution in [-0.2, 0) is 22.4 Å². The quantitative estimate of drug-likeness (QED) is 0.784. The Labute approximate surface area is 185 Å². The number of hydrogen-bond acceptors (Lipinski definition) is 7. The highest BCUT2D eigenvalue weighted by molar-refractivity contribution is 7.15. The molecule has 0 radical (unpaired) electrons. The van der Waals surface area contributed by atoms with Gasteiger partial charge in [-0.2, -0.15) is 0 Å². The molecule has 2 aromatic rings. The van der Waals surface area contributed by atoms with Crippen molar-refractivity contribution in [2.45, 2.75) is 32.6 Å². The van der Waals surface area contributed by atoms with Crippen LogP contribution in [-0.4, -0.2) is 54.7 Å². The maximum Gasteiger partial charge on any atom is 0.231 e. The van der Waals surface area contributed by atoms with Crippen LogP contribution >= 0.6 is 11.3 Å². The predicted octanol–water partition coefficient (Wildman–Crippen LogP) is 2.67. The van der Waals surface area contributed by atoms with E-state index in [4.69, 9.17) is 14.5 Å². The maximum atomic E-state index is 12.9. The Morgan fingerprint density at radius 1 is 1.19 bits per heavy atom. The van der Waals surface area contributed by atoms with Gasteiger partial charge in [-0.15, -0.1) is 11.3 Å². The molecule has 2 amide bonds. The number of benzene rings is 1. The lowest BCUT2D eigenvalue weighted by Gasteiger charge is -2.34. The van der Waals surface area contributed by atoms with Gasteiger partial charge in [-0.05, 0) is 31.4 Å². The Hall–Kier alpha value is -2.81. The highest BCUT2D eigenvalue weighted by Gasteiger charge is 2.30. The van der Waals surface area contributed by atoms with E-state index in [9.17, 15) is 9.59 Å². The summed E-state index contributed by atoms with van der Waals surface area (Å²) in [5.74, 6) is 1.56. The third-order valence-corrected chi connectivity index (χ3v) is 7.33. The van der Waals surface area contributed by atoms with Crippen LogP contribution in [0.25, 0.3) is 0 Å². The van der Waals surface area contributed by atoms with Gasteiger partial charge in [0.05, 0.1) is 5.69 Å². The fourth-order valence-corrected chi connectivity index (χ4v) is 5.55. The van der Waals surface area contributed by atoms with Gasteiger partial charge >= 0.3 is 0 Å². The number of carbonyl (C=O) groups is 2. The fraction of sp³-hybridized carbons (Fsp3) is 0.500. The molecule has 31 heavy (non-hydrogen) atoms. The van der Waals surface area contributed by atoms with Crippen LogP contribution in [0.2, 0.25) is 0 Å². The minimum atomic E-state index is -0.0646. The molecule has 164 valence electrons. The molecule has 1 aliphatic carbocycles. The molecule has 1 aromatic heterocycles. The Morgan fingerprint density at radius 2 is 2.00 bits per heavy atom. The molecule has 0 bridgehead atoms. The molecular formula is C22H26N4O4S. The summed E-state index contributed by atoms with van der Waals surface area (Å²) in [6.07, 6.45) is 2.89. The lowest BCUT2D eigenvalue weighted by molar-refractivity contribution is -0.131. The van der Waals surface area contributed by atoms with Crippen LogP contribution < -0.4 is 19.7 Å². The fourth-order valence-electron chi connectivity index (χ4n) is 4.31. The number of ether oxygens (including phenoxy) is 2. The van der Waals surface area contributed by atoms with E-state index < -0.39 is 0 Å². The zero-order valence-electron chi connectivity index (χ0n) is 17.6. The number of aromatic nitrogens is 1. The van der Waals surface area contributed by atoms with Crippen LogP contribution in [0.1, 0.15) is 30.3 Å². The Morgan fingerprint density at radius 3 is 2.81 bits per heavy atom. The number of thiazole rings is 1. The van der Waals surface area contributed by atoms with Crippen LogP contribution in [0.3, 0.4) is 0 Å². The summed E-state index contributed by atoms with van der Waals surface area (Å²) in [6, 6.07) is 5.47. The molecule has 2 aliphatic heterocycles. The van der Waals surface area contributed by atoms with E-state index in [0.29, 0.717) is 17.9 Å². The highest BCUT2D eigenvalue weighted by atomic mass is 32.1. The average Bonchev–Trinajstić information content (AvgIpc) is 3.44. The Kier molecular flexibility index (Phi) is 5.43. The number of anilines is 2. The number of nitrogens with one attached hydrogen (secondary N) is 1.